The van der Waals surface area contributed by atoms with Crippen molar-refractivity contribution in [2.45, 2.75) is 6.61 Å². The fraction of sp³-hybridized carbons (Fsp3) is 0.0526. The second-order valence-corrected chi connectivity index (χ2v) is 5.37. The van der Waals surface area contributed by atoms with Gasteiger partial charge in [-0.2, -0.15) is 4.57 Å². The van der Waals surface area contributed by atoms with Gasteiger partial charge in [-0.3, -0.25) is 9.59 Å². The van der Waals surface area contributed by atoms with Crippen LogP contribution in [0, 0.1) is 0 Å². The van der Waals surface area contributed by atoms with Gasteiger partial charge in [0.25, 0.3) is 11.5 Å². The van der Waals surface area contributed by atoms with Crippen molar-refractivity contribution < 1.29 is 14.3 Å². The summed E-state index contributed by atoms with van der Waals surface area (Å²) in [6, 6.07) is 16.2. The van der Waals surface area contributed by atoms with Crippen molar-refractivity contribution in [2.75, 3.05) is 0 Å². The Morgan fingerprint density at radius 1 is 0.885 bits per heavy atom. The normalized spacial score (nSPS) is 10.3. The summed E-state index contributed by atoms with van der Waals surface area (Å²) in [4.78, 5) is 51.2. The Balaban J connectivity index is 1.86. The first-order chi connectivity index (χ1) is 12.6. The molecule has 0 amide bonds. The maximum Gasteiger partial charge on any atom is 0.338 e. The molecule has 26 heavy (non-hydrogen) atoms. The third kappa shape index (κ3) is 3.51. The zero-order valence-corrected chi connectivity index (χ0v) is 13.5. The number of hydrogen-bond donors (Lipinski definition) is 1. The van der Waals surface area contributed by atoms with Gasteiger partial charge in [-0.1, -0.05) is 36.4 Å². The molecule has 0 fully saturated rings. The van der Waals surface area contributed by atoms with E-state index < -0.39 is 23.1 Å². The quantitative estimate of drug-likeness (QED) is 0.721. The van der Waals surface area contributed by atoms with Gasteiger partial charge in [0.15, 0.2) is 0 Å². The lowest BCUT2D eigenvalue weighted by molar-refractivity contribution is 0.0470. The Bertz CT molecular complexity index is 1050. The third-order valence-corrected chi connectivity index (χ3v) is 3.64. The van der Waals surface area contributed by atoms with Gasteiger partial charge in [-0.15, -0.1) is 0 Å². The predicted molar refractivity (Wildman–Crippen MR) is 93.1 cm³/mol. The van der Waals surface area contributed by atoms with E-state index in [4.69, 9.17) is 4.74 Å². The molecule has 0 aliphatic heterocycles. The fourth-order valence-corrected chi connectivity index (χ4v) is 2.31. The summed E-state index contributed by atoms with van der Waals surface area (Å²) in [6.45, 7) is -0.370. The molecule has 0 saturated heterocycles. The number of aromatic amines is 1. The minimum Gasteiger partial charge on any atom is -0.457 e. The highest BCUT2D eigenvalue weighted by Crippen LogP contribution is 2.04. The number of carbonyl (C=O) groups excluding carboxylic acids is 2. The Morgan fingerprint density at radius 3 is 2.08 bits per heavy atom. The summed E-state index contributed by atoms with van der Waals surface area (Å²) >= 11 is 0. The Hall–Kier alpha value is -3.74. The van der Waals surface area contributed by atoms with Gasteiger partial charge in [0, 0.05) is 11.8 Å². The van der Waals surface area contributed by atoms with Crippen LogP contribution >= 0.6 is 0 Å². The molecule has 0 saturated carbocycles. The molecule has 7 nitrogen and oxygen atoms in total. The SMILES string of the molecule is O=C(OCc1c[nH]c(=O)n(C(=O)c2ccccc2)c1=O)c1ccccc1. The van der Waals surface area contributed by atoms with Crippen LogP contribution in [0.15, 0.2) is 76.4 Å². The van der Waals surface area contributed by atoms with Gasteiger partial charge >= 0.3 is 11.7 Å². The van der Waals surface area contributed by atoms with Crippen molar-refractivity contribution in [3.8, 4) is 0 Å². The van der Waals surface area contributed by atoms with E-state index >= 15 is 0 Å². The molecule has 7 heteroatoms. The lowest BCUT2D eigenvalue weighted by Gasteiger charge is -2.07. The van der Waals surface area contributed by atoms with Crippen molar-refractivity contribution in [3.63, 3.8) is 0 Å². The topological polar surface area (TPSA) is 98.2 Å². The number of ether oxygens (including phenoxy) is 1. The lowest BCUT2D eigenvalue weighted by atomic mass is 10.2. The first-order valence-electron chi connectivity index (χ1n) is 7.73. The van der Waals surface area contributed by atoms with Gasteiger partial charge < -0.3 is 9.72 Å². The molecule has 3 rings (SSSR count). The number of hydrogen-bond acceptors (Lipinski definition) is 5. The number of nitrogens with zero attached hydrogens (tertiary/aromatic N) is 1. The van der Waals surface area contributed by atoms with Crippen molar-refractivity contribution in [1.29, 1.82) is 0 Å². The van der Waals surface area contributed by atoms with E-state index in [1.165, 1.54) is 12.1 Å². The zero-order chi connectivity index (χ0) is 18.5. The number of aromatic nitrogens is 2. The largest absolute Gasteiger partial charge is 0.457 e. The zero-order valence-electron chi connectivity index (χ0n) is 13.5. The molecule has 0 aliphatic rings. The van der Waals surface area contributed by atoms with Crippen molar-refractivity contribution in [1.82, 2.24) is 9.55 Å². The van der Waals surface area contributed by atoms with Crippen LogP contribution in [-0.2, 0) is 11.3 Å². The summed E-state index contributed by atoms with van der Waals surface area (Å²) < 4.78 is 5.58. The molecule has 3 aromatic rings. The van der Waals surface area contributed by atoms with Gasteiger partial charge in [0.1, 0.15) is 6.61 Å². The van der Waals surface area contributed by atoms with Gasteiger partial charge in [-0.05, 0) is 24.3 Å². The molecule has 0 spiro atoms. The first-order valence-corrected chi connectivity index (χ1v) is 7.73. The Morgan fingerprint density at radius 2 is 1.46 bits per heavy atom. The van der Waals surface area contributed by atoms with Crippen LogP contribution in [-0.4, -0.2) is 21.4 Å². The second-order valence-electron chi connectivity index (χ2n) is 5.37. The first kappa shape index (κ1) is 17.1. The average Bonchev–Trinajstić information content (AvgIpc) is 2.68. The third-order valence-electron chi connectivity index (χ3n) is 3.64. The van der Waals surface area contributed by atoms with Gasteiger partial charge in [0.2, 0.25) is 0 Å². The van der Waals surface area contributed by atoms with E-state index in [-0.39, 0.29) is 17.7 Å². The summed E-state index contributed by atoms with van der Waals surface area (Å²) in [5.74, 6) is -1.37. The summed E-state index contributed by atoms with van der Waals surface area (Å²) in [5, 5.41) is 0. The maximum absolute atomic E-state index is 12.5. The van der Waals surface area contributed by atoms with E-state index in [9.17, 15) is 19.2 Å². The minimum atomic E-state index is -0.859. The molecule has 1 heterocycles. The summed E-state index contributed by atoms with van der Waals surface area (Å²) in [7, 11) is 0. The van der Waals surface area contributed by atoms with E-state index in [0.717, 1.165) is 6.20 Å². The molecule has 0 unspecified atom stereocenters. The van der Waals surface area contributed by atoms with Crippen LogP contribution in [0.25, 0.3) is 0 Å². The van der Waals surface area contributed by atoms with Gasteiger partial charge in [-0.25, -0.2) is 9.59 Å². The number of rotatable bonds is 4. The molecular weight excluding hydrogens is 336 g/mol. The van der Waals surface area contributed by atoms with Crippen LogP contribution in [0.5, 0.6) is 0 Å². The Kier molecular flexibility index (Phi) is 4.89. The molecule has 1 N–H and O–H groups in total. The van der Waals surface area contributed by atoms with E-state index in [1.54, 1.807) is 48.5 Å². The highest BCUT2D eigenvalue weighted by molar-refractivity contribution is 5.95. The standard InChI is InChI=1S/C19H14N2O5/c22-16(13-7-3-1-4-8-13)21-17(23)15(11-20-19(21)25)12-26-18(24)14-9-5-2-6-10-14/h1-11H,12H2,(H,20,25). The lowest BCUT2D eigenvalue weighted by Crippen LogP contribution is -2.41. The predicted octanol–water partition coefficient (Wildman–Crippen LogP) is 1.58. The fourth-order valence-electron chi connectivity index (χ4n) is 2.31. The number of nitrogens with one attached hydrogen (secondary N) is 1. The molecule has 130 valence electrons. The van der Waals surface area contributed by atoms with E-state index in [0.29, 0.717) is 10.1 Å². The molecule has 2 aromatic carbocycles. The summed E-state index contributed by atoms with van der Waals surface area (Å²) in [6.07, 6.45) is 1.14. The van der Waals surface area contributed by atoms with E-state index in [2.05, 4.69) is 4.98 Å². The Labute approximate surface area is 147 Å². The smallest absolute Gasteiger partial charge is 0.338 e. The number of benzene rings is 2. The molecule has 1 aromatic heterocycles. The highest BCUT2D eigenvalue weighted by Gasteiger charge is 2.17. The van der Waals surface area contributed by atoms with Crippen LogP contribution in [0.2, 0.25) is 0 Å². The average molecular weight is 350 g/mol. The number of carbonyl (C=O) groups is 2. The van der Waals surface area contributed by atoms with Crippen LogP contribution in [0.3, 0.4) is 0 Å². The van der Waals surface area contributed by atoms with Gasteiger partial charge in [0.05, 0.1) is 11.1 Å². The summed E-state index contributed by atoms with van der Waals surface area (Å²) in [5.41, 5.74) is -1.18. The van der Waals surface area contributed by atoms with Crippen molar-refractivity contribution in [2.24, 2.45) is 0 Å². The monoisotopic (exact) mass is 350 g/mol. The van der Waals surface area contributed by atoms with Crippen LogP contribution < -0.4 is 11.2 Å². The van der Waals surface area contributed by atoms with Crippen LogP contribution in [0.4, 0.5) is 0 Å². The minimum absolute atomic E-state index is 0.0156. The number of esters is 1. The second kappa shape index (κ2) is 7.43. The molecule has 0 radical (unpaired) electrons. The van der Waals surface area contributed by atoms with Crippen LogP contribution in [0.1, 0.15) is 26.3 Å². The van der Waals surface area contributed by atoms with Crippen molar-refractivity contribution >= 4 is 11.9 Å². The molecule has 0 atom stereocenters. The maximum atomic E-state index is 12.5. The molecule has 0 aliphatic carbocycles. The van der Waals surface area contributed by atoms with Crippen molar-refractivity contribution in [3.05, 3.63) is 104 Å². The molecule has 0 bridgehead atoms. The highest BCUT2D eigenvalue weighted by atomic mass is 16.5. The number of H-pyrrole nitrogens is 1. The van der Waals surface area contributed by atoms with E-state index in [1.807, 2.05) is 0 Å². The molecular formula is C19H14N2O5.